The molecule has 2 unspecified atom stereocenters. The number of carbonyl (C=O) groups is 5. The third-order valence-electron chi connectivity index (χ3n) is 15.7. The number of aliphatic hydroxyl groups excluding tert-OH is 2. The largest absolute Gasteiger partial charge is 0.460 e. The molecule has 0 radical (unpaired) electrons. The SMILES string of the molecule is CO[C@@H]1C[C@H](C[C@@H](C)[C@@H]2CC(=O)[C@H](C)/C=C(\C)[C@@H](O)[C@@H](OC)C(=O)[C@H](C)C[C@H](C)/C=C/C=C/C=C(\C)C(OCCc3ccccc3)C[C@@H]3CC[C@@H](C)[C@@](O)(O3)C(=O)C(=O)N3CCCCC3C(=O)O2)CC[C@H]1O. The Morgan fingerprint density at radius 1 is 0.847 bits per heavy atom. The van der Waals surface area contributed by atoms with Crippen LogP contribution in [0.4, 0.5) is 0 Å². The van der Waals surface area contributed by atoms with Gasteiger partial charge in [0, 0.05) is 51.4 Å². The summed E-state index contributed by atoms with van der Waals surface area (Å²) >= 11 is 0. The second kappa shape index (κ2) is 27.9. The highest BCUT2D eigenvalue weighted by Crippen LogP contribution is 2.38. The van der Waals surface area contributed by atoms with E-state index >= 15 is 0 Å². The van der Waals surface area contributed by atoms with Gasteiger partial charge < -0.3 is 43.9 Å². The van der Waals surface area contributed by atoms with E-state index < -0.39 is 83.9 Å². The van der Waals surface area contributed by atoms with Crippen molar-refractivity contribution < 1.29 is 63.0 Å². The molecule has 1 saturated carbocycles. The van der Waals surface area contributed by atoms with E-state index in [1.165, 1.54) is 12.0 Å². The molecule has 14 heteroatoms. The number of aliphatic hydroxyl groups is 3. The van der Waals surface area contributed by atoms with Crippen molar-refractivity contribution in [3.63, 3.8) is 0 Å². The van der Waals surface area contributed by atoms with Gasteiger partial charge in [-0.25, -0.2) is 4.79 Å². The highest BCUT2D eigenvalue weighted by atomic mass is 16.6. The third-order valence-corrected chi connectivity index (χ3v) is 15.7. The summed E-state index contributed by atoms with van der Waals surface area (Å²) in [5, 5.41) is 34.2. The molecule has 1 aromatic carbocycles. The minimum Gasteiger partial charge on any atom is -0.460 e. The molecule has 3 fully saturated rings. The number of Topliss-reactive ketones (excluding diaryl/α,β-unsaturated/α-hetero) is 3. The van der Waals surface area contributed by atoms with Gasteiger partial charge in [0.05, 0.1) is 31.0 Å². The van der Waals surface area contributed by atoms with Crippen LogP contribution in [0.2, 0.25) is 0 Å². The third kappa shape index (κ3) is 15.9. The van der Waals surface area contributed by atoms with Gasteiger partial charge in [-0.1, -0.05) is 101 Å². The van der Waals surface area contributed by atoms with Crippen LogP contribution < -0.4 is 0 Å². The highest BCUT2D eigenvalue weighted by Gasteiger charge is 2.53. The average molecular weight is 1000 g/mol. The van der Waals surface area contributed by atoms with Gasteiger partial charge in [0.1, 0.15) is 30.1 Å². The molecular formula is C58H85NO13. The number of ketones is 3. The van der Waals surface area contributed by atoms with Gasteiger partial charge in [0.25, 0.3) is 11.7 Å². The first-order chi connectivity index (χ1) is 34.3. The molecule has 0 aromatic heterocycles. The molecule has 14 nitrogen and oxygen atoms in total. The Balaban J connectivity index is 1.48. The van der Waals surface area contributed by atoms with Gasteiger partial charge in [-0.15, -0.1) is 0 Å². The second-order valence-electron chi connectivity index (χ2n) is 21.5. The first-order valence-electron chi connectivity index (χ1n) is 26.6. The molecule has 3 N–H and O–H groups in total. The number of piperidine rings is 1. The van der Waals surface area contributed by atoms with E-state index in [9.17, 15) is 39.3 Å². The molecule has 1 aromatic rings. The van der Waals surface area contributed by atoms with Crippen LogP contribution in [0.25, 0.3) is 0 Å². The summed E-state index contributed by atoms with van der Waals surface area (Å²) in [5.41, 5.74) is 2.39. The van der Waals surface area contributed by atoms with Crippen LogP contribution in [-0.2, 0) is 54.1 Å². The summed E-state index contributed by atoms with van der Waals surface area (Å²) in [6.45, 7) is 13.2. The molecule has 3 aliphatic heterocycles. The fourth-order valence-corrected chi connectivity index (χ4v) is 11.0. The maximum atomic E-state index is 14.5. The Morgan fingerprint density at radius 3 is 2.29 bits per heavy atom. The Hall–Kier alpha value is -4.15. The summed E-state index contributed by atoms with van der Waals surface area (Å²) in [6.07, 6.45) is 11.8. The van der Waals surface area contributed by atoms with Gasteiger partial charge >= 0.3 is 5.97 Å². The van der Waals surface area contributed by atoms with Crippen LogP contribution in [0.1, 0.15) is 131 Å². The van der Waals surface area contributed by atoms with E-state index in [4.69, 9.17) is 23.7 Å². The van der Waals surface area contributed by atoms with Gasteiger partial charge in [-0.3, -0.25) is 19.2 Å². The zero-order valence-corrected chi connectivity index (χ0v) is 44.4. The lowest BCUT2D eigenvalue weighted by atomic mass is 9.78. The lowest BCUT2D eigenvalue weighted by Crippen LogP contribution is -2.61. The number of carbonyl (C=O) groups excluding carboxylic acids is 5. The van der Waals surface area contributed by atoms with Crippen LogP contribution in [0, 0.1) is 35.5 Å². The first-order valence-corrected chi connectivity index (χ1v) is 26.6. The number of cyclic esters (lactones) is 1. The van der Waals surface area contributed by atoms with Crippen LogP contribution in [0.15, 0.2) is 77.9 Å². The zero-order chi connectivity index (χ0) is 52.7. The summed E-state index contributed by atoms with van der Waals surface area (Å²) in [5.74, 6) is -8.08. The molecule has 3 heterocycles. The summed E-state index contributed by atoms with van der Waals surface area (Å²) in [6, 6.07) is 8.83. The number of amides is 1. The van der Waals surface area contributed by atoms with Gasteiger partial charge in [-0.05, 0) is 119 Å². The van der Waals surface area contributed by atoms with Crippen molar-refractivity contribution in [3.8, 4) is 0 Å². The van der Waals surface area contributed by atoms with Crippen LogP contribution >= 0.6 is 0 Å². The van der Waals surface area contributed by atoms with Crippen molar-refractivity contribution in [1.82, 2.24) is 4.90 Å². The molecule has 1 amide bonds. The monoisotopic (exact) mass is 1000 g/mol. The molecule has 15 atom stereocenters. The topological polar surface area (TPSA) is 195 Å². The van der Waals surface area contributed by atoms with Gasteiger partial charge in [0.2, 0.25) is 5.79 Å². The van der Waals surface area contributed by atoms with E-state index in [1.807, 2.05) is 88.4 Å². The number of benzene rings is 1. The van der Waals surface area contributed by atoms with Crippen molar-refractivity contribution in [2.24, 2.45) is 35.5 Å². The van der Waals surface area contributed by atoms with Crippen LogP contribution in [-0.4, -0.2) is 131 Å². The number of rotatable bonds is 9. The molecule has 4 aliphatic rings. The number of allylic oxidation sites excluding steroid dienone is 6. The Morgan fingerprint density at radius 2 is 1.58 bits per heavy atom. The van der Waals surface area contributed by atoms with Crippen LogP contribution in [0.5, 0.6) is 0 Å². The second-order valence-corrected chi connectivity index (χ2v) is 21.5. The van der Waals surface area contributed by atoms with Crippen molar-refractivity contribution in [1.29, 1.82) is 0 Å². The Kier molecular flexibility index (Phi) is 22.8. The summed E-state index contributed by atoms with van der Waals surface area (Å²) in [7, 11) is 2.95. The highest BCUT2D eigenvalue weighted by molar-refractivity contribution is 6.39. The normalized spacial score (nSPS) is 37.6. The molecule has 72 heavy (non-hydrogen) atoms. The molecule has 400 valence electrons. The van der Waals surface area contributed by atoms with Gasteiger partial charge in [-0.2, -0.15) is 0 Å². The van der Waals surface area contributed by atoms with Crippen molar-refractivity contribution in [2.75, 3.05) is 27.4 Å². The molecule has 2 bridgehead atoms. The number of ether oxygens (including phenoxy) is 5. The van der Waals surface area contributed by atoms with E-state index in [1.54, 1.807) is 34.0 Å². The molecule has 0 spiro atoms. The van der Waals surface area contributed by atoms with E-state index in [2.05, 4.69) is 0 Å². The van der Waals surface area contributed by atoms with Crippen molar-refractivity contribution in [2.45, 2.75) is 186 Å². The van der Waals surface area contributed by atoms with Crippen LogP contribution in [0.3, 0.4) is 0 Å². The van der Waals surface area contributed by atoms with E-state index in [0.29, 0.717) is 76.4 Å². The minimum absolute atomic E-state index is 0.00296. The number of hydrogen-bond donors (Lipinski definition) is 3. The molecular weight excluding hydrogens is 919 g/mol. The quantitative estimate of drug-likeness (QED) is 0.123. The predicted molar refractivity (Wildman–Crippen MR) is 274 cm³/mol. The average Bonchev–Trinajstić information content (AvgIpc) is 3.36. The first kappa shape index (κ1) is 58.7. The fourth-order valence-electron chi connectivity index (χ4n) is 11.0. The maximum absolute atomic E-state index is 14.5. The van der Waals surface area contributed by atoms with E-state index in [0.717, 1.165) is 17.6 Å². The number of hydrogen-bond acceptors (Lipinski definition) is 13. The number of nitrogens with zero attached hydrogens (tertiary/aromatic N) is 1. The maximum Gasteiger partial charge on any atom is 0.329 e. The Labute approximate surface area is 428 Å². The van der Waals surface area contributed by atoms with Crippen molar-refractivity contribution >= 4 is 29.2 Å². The lowest BCUT2D eigenvalue weighted by Gasteiger charge is -2.43. The fraction of sp³-hybridized carbons (Fsp3) is 0.672. The summed E-state index contributed by atoms with van der Waals surface area (Å²) < 4.78 is 30.3. The van der Waals surface area contributed by atoms with Gasteiger partial charge in [0.15, 0.2) is 5.78 Å². The number of fused-ring (bicyclic) bond motifs is 3. The number of methoxy groups -OCH3 is 2. The zero-order valence-electron chi connectivity index (χ0n) is 44.4. The Bertz CT molecular complexity index is 2080. The molecule has 5 rings (SSSR count). The standard InChI is InChI=1S/C58H85NO13/c1-36-18-12-10-13-19-37(2)49(70-29-27-43-20-14-11-15-21-43)34-45-25-23-42(7)58(67,72-45)55(64)56(65)59-28-17-16-22-46(59)57(66)71-50(39(4)32-44-24-26-47(60)51(33-44)68-8)35-48(61)38(3)31-41(6)53(63)54(69-9)52(62)40(5)30-36/h10-15,18-21,31,36,38-40,42,44-47,49-51,53-54,60,63,67H,16-17,22-30,32-35H2,1-9H3/b13-10+,18-12+,37-19+,41-31+/t36-,38-,39-,40-,42-,44+,45+,46?,47-,49?,50+,51-,53-,54+,58-/m1/s1. The molecule has 1 aliphatic carbocycles. The van der Waals surface area contributed by atoms with Crippen molar-refractivity contribution in [3.05, 3.63) is 83.5 Å². The molecule has 2 saturated heterocycles. The van der Waals surface area contributed by atoms with E-state index in [-0.39, 0.29) is 54.8 Å². The number of esters is 1. The minimum atomic E-state index is -2.46. The predicted octanol–water partition coefficient (Wildman–Crippen LogP) is 7.79. The lowest BCUT2D eigenvalue weighted by molar-refractivity contribution is -0.266. The smallest absolute Gasteiger partial charge is 0.329 e. The summed E-state index contributed by atoms with van der Waals surface area (Å²) in [4.78, 5) is 72.6.